The lowest BCUT2D eigenvalue weighted by molar-refractivity contribution is -0.128. The van der Waals surface area contributed by atoms with Crippen LogP contribution in [-0.4, -0.2) is 35.7 Å². The number of hydrogen-bond donors (Lipinski definition) is 1. The van der Waals surface area contributed by atoms with Crippen molar-refractivity contribution in [1.29, 1.82) is 0 Å². The van der Waals surface area contributed by atoms with Gasteiger partial charge in [0.1, 0.15) is 5.82 Å². The number of hydrazine groups is 1. The highest BCUT2D eigenvalue weighted by Gasteiger charge is 2.28. The summed E-state index contributed by atoms with van der Waals surface area (Å²) in [5.41, 5.74) is 0.675. The molecule has 0 bridgehead atoms. The van der Waals surface area contributed by atoms with E-state index < -0.39 is 0 Å². The Balaban J connectivity index is 2.16. The molecule has 4 nitrogen and oxygen atoms in total. The standard InChI is InChI=1S/C12H15FN2O2/c13-10-3-1-4-11(9-10)14-7-5-12(17)15(14)6-2-8-16/h1,3-4,9,16H,2,5-8H2. The van der Waals surface area contributed by atoms with E-state index in [-0.39, 0.29) is 18.3 Å². The number of benzene rings is 1. The zero-order valence-corrected chi connectivity index (χ0v) is 9.47. The lowest BCUT2D eigenvalue weighted by Crippen LogP contribution is -2.40. The zero-order valence-electron chi connectivity index (χ0n) is 9.47. The monoisotopic (exact) mass is 238 g/mol. The molecule has 1 saturated heterocycles. The van der Waals surface area contributed by atoms with Crippen LogP contribution in [0.1, 0.15) is 12.8 Å². The number of anilines is 1. The third-order valence-electron chi connectivity index (χ3n) is 2.75. The molecule has 0 aliphatic carbocycles. The predicted octanol–water partition coefficient (Wildman–Crippen LogP) is 1.16. The quantitative estimate of drug-likeness (QED) is 0.856. The molecule has 5 heteroatoms. The van der Waals surface area contributed by atoms with Gasteiger partial charge in [-0.3, -0.25) is 14.8 Å². The number of nitrogens with zero attached hydrogens (tertiary/aromatic N) is 2. The molecule has 2 rings (SSSR count). The van der Waals surface area contributed by atoms with E-state index in [4.69, 9.17) is 5.11 Å². The van der Waals surface area contributed by atoms with Crippen molar-refractivity contribution in [2.75, 3.05) is 24.7 Å². The first-order valence-corrected chi connectivity index (χ1v) is 5.66. The molecule has 0 saturated carbocycles. The van der Waals surface area contributed by atoms with Crippen LogP contribution in [0.2, 0.25) is 0 Å². The number of carbonyl (C=O) groups is 1. The molecular formula is C12H15FN2O2. The van der Waals surface area contributed by atoms with Crippen LogP contribution in [0.3, 0.4) is 0 Å². The minimum Gasteiger partial charge on any atom is -0.396 e. The van der Waals surface area contributed by atoms with Crippen LogP contribution in [0.25, 0.3) is 0 Å². The third-order valence-corrected chi connectivity index (χ3v) is 2.75. The van der Waals surface area contributed by atoms with Gasteiger partial charge in [0.05, 0.1) is 5.69 Å². The van der Waals surface area contributed by atoms with Gasteiger partial charge < -0.3 is 5.11 Å². The van der Waals surface area contributed by atoms with Gasteiger partial charge >= 0.3 is 0 Å². The first kappa shape index (κ1) is 11.9. The fourth-order valence-corrected chi connectivity index (χ4v) is 1.96. The van der Waals surface area contributed by atoms with Gasteiger partial charge in [-0.25, -0.2) is 4.39 Å². The smallest absolute Gasteiger partial charge is 0.242 e. The number of amides is 1. The van der Waals surface area contributed by atoms with Crippen LogP contribution in [0, 0.1) is 5.82 Å². The van der Waals surface area contributed by atoms with Crippen LogP contribution >= 0.6 is 0 Å². The number of aliphatic hydroxyl groups excluding tert-OH is 1. The highest BCUT2D eigenvalue weighted by molar-refractivity contribution is 5.81. The van der Waals surface area contributed by atoms with Gasteiger partial charge in [0.15, 0.2) is 0 Å². The summed E-state index contributed by atoms with van der Waals surface area (Å²) in [6, 6.07) is 6.18. The summed E-state index contributed by atoms with van der Waals surface area (Å²) < 4.78 is 13.1. The molecule has 0 aromatic heterocycles. The highest BCUT2D eigenvalue weighted by Crippen LogP contribution is 2.23. The van der Waals surface area contributed by atoms with Gasteiger partial charge in [0.2, 0.25) is 5.91 Å². The Morgan fingerprint density at radius 1 is 1.41 bits per heavy atom. The molecule has 92 valence electrons. The minimum absolute atomic E-state index is 0.0164. The fourth-order valence-electron chi connectivity index (χ4n) is 1.96. The molecular weight excluding hydrogens is 223 g/mol. The molecule has 1 amide bonds. The molecule has 1 fully saturated rings. The average Bonchev–Trinajstić information content (AvgIpc) is 2.68. The highest BCUT2D eigenvalue weighted by atomic mass is 19.1. The average molecular weight is 238 g/mol. The van der Waals surface area contributed by atoms with Gasteiger partial charge in [-0.15, -0.1) is 0 Å². The van der Waals surface area contributed by atoms with Gasteiger partial charge in [-0.2, -0.15) is 0 Å². The van der Waals surface area contributed by atoms with Crippen molar-refractivity contribution >= 4 is 11.6 Å². The summed E-state index contributed by atoms with van der Waals surface area (Å²) in [4.78, 5) is 11.7. The van der Waals surface area contributed by atoms with Gasteiger partial charge in [0.25, 0.3) is 0 Å². The molecule has 1 aromatic rings. The predicted molar refractivity (Wildman–Crippen MR) is 61.8 cm³/mol. The maximum atomic E-state index is 13.1. The Bertz CT molecular complexity index is 411. The zero-order chi connectivity index (χ0) is 12.3. The first-order valence-electron chi connectivity index (χ1n) is 5.66. The third kappa shape index (κ3) is 2.55. The Morgan fingerprint density at radius 2 is 2.24 bits per heavy atom. The summed E-state index contributed by atoms with van der Waals surface area (Å²) in [6.07, 6.45) is 0.958. The van der Waals surface area contributed by atoms with Crippen LogP contribution < -0.4 is 5.01 Å². The summed E-state index contributed by atoms with van der Waals surface area (Å²) in [5, 5.41) is 12.1. The fraction of sp³-hybridized carbons (Fsp3) is 0.417. The molecule has 0 unspecified atom stereocenters. The van der Waals surface area contributed by atoms with Crippen LogP contribution in [-0.2, 0) is 4.79 Å². The molecule has 1 aliphatic rings. The van der Waals surface area contributed by atoms with Crippen molar-refractivity contribution < 1.29 is 14.3 Å². The number of halogens is 1. The van der Waals surface area contributed by atoms with E-state index in [0.717, 1.165) is 0 Å². The van der Waals surface area contributed by atoms with Crippen LogP contribution in [0.5, 0.6) is 0 Å². The van der Waals surface area contributed by atoms with Crippen molar-refractivity contribution in [3.8, 4) is 0 Å². The lowest BCUT2D eigenvalue weighted by atomic mass is 10.3. The summed E-state index contributed by atoms with van der Waals surface area (Å²) >= 11 is 0. The number of aliphatic hydroxyl groups is 1. The topological polar surface area (TPSA) is 43.8 Å². The van der Waals surface area contributed by atoms with E-state index in [1.807, 2.05) is 0 Å². The molecule has 1 N–H and O–H groups in total. The molecule has 0 spiro atoms. The summed E-state index contributed by atoms with van der Waals surface area (Å²) in [5.74, 6) is -0.299. The SMILES string of the molecule is O=C1CCN(c2cccc(F)c2)N1CCCO. The largest absolute Gasteiger partial charge is 0.396 e. The maximum absolute atomic E-state index is 13.1. The van der Waals surface area contributed by atoms with E-state index >= 15 is 0 Å². The van der Waals surface area contributed by atoms with Gasteiger partial charge in [0, 0.05) is 26.1 Å². The number of carbonyl (C=O) groups excluding carboxylic acids is 1. The normalized spacial score (nSPS) is 15.8. The first-order chi connectivity index (χ1) is 8.22. The Kier molecular flexibility index (Phi) is 3.58. The molecule has 17 heavy (non-hydrogen) atoms. The maximum Gasteiger partial charge on any atom is 0.242 e. The summed E-state index contributed by atoms with van der Waals surface area (Å²) in [6.45, 7) is 1.07. The second-order valence-corrected chi connectivity index (χ2v) is 3.95. The van der Waals surface area contributed by atoms with E-state index in [9.17, 15) is 9.18 Å². The Labute approximate surface area is 99.2 Å². The van der Waals surface area contributed by atoms with Gasteiger partial charge in [-0.05, 0) is 24.6 Å². The number of hydrogen-bond acceptors (Lipinski definition) is 3. The van der Waals surface area contributed by atoms with Crippen molar-refractivity contribution in [3.05, 3.63) is 30.1 Å². The lowest BCUT2D eigenvalue weighted by Gasteiger charge is -2.29. The molecule has 0 atom stereocenters. The van der Waals surface area contributed by atoms with Crippen LogP contribution in [0.15, 0.2) is 24.3 Å². The van der Waals surface area contributed by atoms with Crippen LogP contribution in [0.4, 0.5) is 10.1 Å². The van der Waals surface area contributed by atoms with Crippen molar-refractivity contribution in [2.24, 2.45) is 0 Å². The second kappa shape index (κ2) is 5.14. The van der Waals surface area contributed by atoms with Gasteiger partial charge in [-0.1, -0.05) is 6.07 Å². The molecule has 1 heterocycles. The summed E-state index contributed by atoms with van der Waals surface area (Å²) in [7, 11) is 0. The van der Waals surface area contributed by atoms with Crippen molar-refractivity contribution in [2.45, 2.75) is 12.8 Å². The second-order valence-electron chi connectivity index (χ2n) is 3.95. The van der Waals surface area contributed by atoms with E-state index in [1.165, 1.54) is 12.1 Å². The van der Waals surface area contributed by atoms with E-state index in [0.29, 0.717) is 31.6 Å². The molecule has 1 aromatic carbocycles. The molecule has 0 radical (unpaired) electrons. The number of rotatable bonds is 4. The van der Waals surface area contributed by atoms with Crippen molar-refractivity contribution in [1.82, 2.24) is 5.01 Å². The van der Waals surface area contributed by atoms with Crippen molar-refractivity contribution in [3.63, 3.8) is 0 Å². The minimum atomic E-state index is -0.316. The Morgan fingerprint density at radius 3 is 2.94 bits per heavy atom. The van der Waals surface area contributed by atoms with E-state index in [2.05, 4.69) is 0 Å². The van der Waals surface area contributed by atoms with E-state index in [1.54, 1.807) is 22.2 Å². The molecule has 1 aliphatic heterocycles. The Hall–Kier alpha value is -1.62.